The minimum absolute atomic E-state index is 0.515. The number of aromatic nitrogens is 3. The van der Waals surface area contributed by atoms with E-state index < -0.39 is 0 Å². The van der Waals surface area contributed by atoms with Crippen molar-refractivity contribution < 1.29 is 0 Å². The third-order valence-electron chi connectivity index (χ3n) is 2.61. The third kappa shape index (κ3) is 2.15. The lowest BCUT2D eigenvalue weighted by atomic mass is 10.2. The molecule has 0 saturated carbocycles. The van der Waals surface area contributed by atoms with Crippen LogP contribution < -0.4 is 5.32 Å². The molecule has 0 spiro atoms. The van der Waals surface area contributed by atoms with Gasteiger partial charge >= 0.3 is 0 Å². The maximum atomic E-state index is 4.15. The van der Waals surface area contributed by atoms with Gasteiger partial charge in [0.2, 0.25) is 0 Å². The van der Waals surface area contributed by atoms with E-state index in [1.165, 1.54) is 0 Å². The molecule has 0 amide bonds. The first-order valence-corrected chi connectivity index (χ1v) is 5.33. The fraction of sp³-hybridized carbons (Fsp3) is 0.455. The van der Waals surface area contributed by atoms with E-state index in [1.54, 1.807) is 0 Å². The van der Waals surface area contributed by atoms with Crippen LogP contribution in [0.5, 0.6) is 0 Å². The van der Waals surface area contributed by atoms with Crippen molar-refractivity contribution in [2.45, 2.75) is 32.9 Å². The van der Waals surface area contributed by atoms with Gasteiger partial charge in [0, 0.05) is 12.2 Å². The summed E-state index contributed by atoms with van der Waals surface area (Å²) in [5, 5.41) is 11.7. The first kappa shape index (κ1) is 10.1. The lowest BCUT2D eigenvalue weighted by Gasteiger charge is -2.09. The fourth-order valence-corrected chi connectivity index (χ4v) is 1.42. The van der Waals surface area contributed by atoms with Crippen molar-refractivity contribution in [2.75, 3.05) is 0 Å². The van der Waals surface area contributed by atoms with Gasteiger partial charge < -0.3 is 5.32 Å². The maximum Gasteiger partial charge on any atom is 0.160 e. The molecule has 4 heteroatoms. The van der Waals surface area contributed by atoms with E-state index in [2.05, 4.69) is 29.4 Å². The molecule has 1 unspecified atom stereocenters. The predicted octanol–water partition coefficient (Wildman–Crippen LogP) is 1.62. The lowest BCUT2D eigenvalue weighted by Crippen LogP contribution is -2.25. The summed E-state index contributed by atoms with van der Waals surface area (Å²) < 4.78 is 2.01. The Kier molecular flexibility index (Phi) is 2.97. The molecule has 0 bridgehead atoms. The van der Waals surface area contributed by atoms with Crippen LogP contribution in [0.1, 0.15) is 26.1 Å². The van der Waals surface area contributed by atoms with Gasteiger partial charge in [0.15, 0.2) is 11.5 Å². The summed E-state index contributed by atoms with van der Waals surface area (Å²) >= 11 is 0. The number of rotatable bonds is 4. The molecule has 0 aliphatic rings. The first-order chi connectivity index (χ1) is 7.31. The molecule has 2 heterocycles. The van der Waals surface area contributed by atoms with Crippen LogP contribution in [-0.2, 0) is 6.54 Å². The van der Waals surface area contributed by atoms with E-state index in [-0.39, 0.29) is 0 Å². The van der Waals surface area contributed by atoms with Crippen LogP contribution in [0, 0.1) is 0 Å². The van der Waals surface area contributed by atoms with Crippen LogP contribution in [0.3, 0.4) is 0 Å². The highest BCUT2D eigenvalue weighted by Gasteiger charge is 2.05. The largest absolute Gasteiger partial charge is 0.307 e. The van der Waals surface area contributed by atoms with Crippen LogP contribution in [0.15, 0.2) is 24.4 Å². The van der Waals surface area contributed by atoms with Gasteiger partial charge in [-0.15, -0.1) is 10.2 Å². The Morgan fingerprint density at radius 3 is 3.07 bits per heavy atom. The molecule has 2 rings (SSSR count). The van der Waals surface area contributed by atoms with Crippen molar-refractivity contribution in [3.8, 4) is 0 Å². The molecule has 0 fully saturated rings. The average molecular weight is 204 g/mol. The second kappa shape index (κ2) is 4.40. The summed E-state index contributed by atoms with van der Waals surface area (Å²) in [7, 11) is 0. The Labute approximate surface area is 89.3 Å². The number of pyridine rings is 1. The zero-order valence-electron chi connectivity index (χ0n) is 9.14. The fourth-order valence-electron chi connectivity index (χ4n) is 1.42. The van der Waals surface area contributed by atoms with Crippen LogP contribution in [0.2, 0.25) is 0 Å². The molecule has 2 aromatic heterocycles. The Balaban J connectivity index is 2.14. The Morgan fingerprint density at radius 1 is 1.40 bits per heavy atom. The Bertz CT molecular complexity index is 435. The predicted molar refractivity (Wildman–Crippen MR) is 59.6 cm³/mol. The molecule has 1 N–H and O–H groups in total. The molecule has 2 aromatic rings. The highest BCUT2D eigenvalue weighted by atomic mass is 15.3. The Morgan fingerprint density at radius 2 is 2.27 bits per heavy atom. The summed E-state index contributed by atoms with van der Waals surface area (Å²) in [4.78, 5) is 0. The van der Waals surface area contributed by atoms with E-state index in [0.717, 1.165) is 24.4 Å². The molecule has 15 heavy (non-hydrogen) atoms. The normalized spacial score (nSPS) is 13.2. The topological polar surface area (TPSA) is 42.2 Å². The molecule has 0 aromatic carbocycles. The Hall–Kier alpha value is -1.42. The van der Waals surface area contributed by atoms with Gasteiger partial charge in [-0.25, -0.2) is 0 Å². The highest BCUT2D eigenvalue weighted by Crippen LogP contribution is 2.02. The molecule has 0 aliphatic carbocycles. The van der Waals surface area contributed by atoms with E-state index in [4.69, 9.17) is 0 Å². The van der Waals surface area contributed by atoms with Crippen LogP contribution in [0.25, 0.3) is 5.65 Å². The number of nitrogens with one attached hydrogen (secondary N) is 1. The van der Waals surface area contributed by atoms with E-state index in [9.17, 15) is 0 Å². The lowest BCUT2D eigenvalue weighted by molar-refractivity contribution is 0.521. The van der Waals surface area contributed by atoms with Gasteiger partial charge in [-0.3, -0.25) is 4.40 Å². The van der Waals surface area contributed by atoms with Gasteiger partial charge in [-0.2, -0.15) is 0 Å². The van der Waals surface area contributed by atoms with Crippen LogP contribution in [0.4, 0.5) is 0 Å². The second-order valence-electron chi connectivity index (χ2n) is 3.74. The summed E-state index contributed by atoms with van der Waals surface area (Å²) in [6.07, 6.45) is 3.11. The van der Waals surface area contributed by atoms with Crippen molar-refractivity contribution in [1.29, 1.82) is 0 Å². The average Bonchev–Trinajstić information content (AvgIpc) is 2.69. The monoisotopic (exact) mass is 204 g/mol. The summed E-state index contributed by atoms with van der Waals surface area (Å²) in [5.74, 6) is 0.964. The van der Waals surface area contributed by atoms with E-state index in [0.29, 0.717) is 6.04 Å². The molecular formula is C11H16N4. The van der Waals surface area contributed by atoms with Gasteiger partial charge in [-0.05, 0) is 25.5 Å². The van der Waals surface area contributed by atoms with Crippen molar-refractivity contribution in [3.63, 3.8) is 0 Å². The first-order valence-electron chi connectivity index (χ1n) is 5.33. The zero-order chi connectivity index (χ0) is 10.7. The van der Waals surface area contributed by atoms with E-state index >= 15 is 0 Å². The quantitative estimate of drug-likeness (QED) is 0.822. The van der Waals surface area contributed by atoms with Gasteiger partial charge in [0.05, 0.1) is 6.54 Å². The molecule has 1 atom stereocenters. The molecule has 80 valence electrons. The maximum absolute atomic E-state index is 4.15. The van der Waals surface area contributed by atoms with Gasteiger partial charge in [0.25, 0.3) is 0 Å². The minimum atomic E-state index is 0.515. The highest BCUT2D eigenvalue weighted by molar-refractivity contribution is 5.36. The standard InChI is InChI=1S/C11H16N4/c1-3-9(2)12-8-11-14-13-10-6-4-5-7-15(10)11/h4-7,9,12H,3,8H2,1-2H3. The SMILES string of the molecule is CCC(C)NCc1nnc2ccccn12. The molecular weight excluding hydrogens is 188 g/mol. The van der Waals surface area contributed by atoms with Crippen molar-refractivity contribution in [3.05, 3.63) is 30.2 Å². The van der Waals surface area contributed by atoms with Crippen LogP contribution in [-0.4, -0.2) is 20.6 Å². The molecule has 0 aliphatic heterocycles. The van der Waals surface area contributed by atoms with Crippen molar-refractivity contribution >= 4 is 5.65 Å². The molecule has 0 saturated heterocycles. The van der Waals surface area contributed by atoms with Gasteiger partial charge in [0.1, 0.15) is 0 Å². The summed E-state index contributed by atoms with van der Waals surface area (Å²) in [6.45, 7) is 5.10. The zero-order valence-corrected chi connectivity index (χ0v) is 9.14. The number of fused-ring (bicyclic) bond motifs is 1. The number of hydrogen-bond acceptors (Lipinski definition) is 3. The van der Waals surface area contributed by atoms with E-state index in [1.807, 2.05) is 28.8 Å². The minimum Gasteiger partial charge on any atom is -0.307 e. The molecule has 0 radical (unpaired) electrons. The second-order valence-corrected chi connectivity index (χ2v) is 3.74. The van der Waals surface area contributed by atoms with Crippen molar-refractivity contribution in [1.82, 2.24) is 19.9 Å². The van der Waals surface area contributed by atoms with Gasteiger partial charge in [-0.1, -0.05) is 13.0 Å². The third-order valence-corrected chi connectivity index (χ3v) is 2.61. The molecule has 4 nitrogen and oxygen atoms in total. The number of hydrogen-bond donors (Lipinski definition) is 1. The number of nitrogens with zero attached hydrogens (tertiary/aromatic N) is 3. The van der Waals surface area contributed by atoms with Crippen LogP contribution >= 0.6 is 0 Å². The van der Waals surface area contributed by atoms with Crippen molar-refractivity contribution in [2.24, 2.45) is 0 Å². The summed E-state index contributed by atoms with van der Waals surface area (Å²) in [5.41, 5.74) is 0.901. The summed E-state index contributed by atoms with van der Waals surface area (Å²) in [6, 6.07) is 6.43. The smallest absolute Gasteiger partial charge is 0.160 e.